The van der Waals surface area contributed by atoms with E-state index in [9.17, 15) is 5.11 Å². The molecule has 3 N–H and O–H groups in total. The number of nitrogens with zero attached hydrogens (tertiary/aromatic N) is 1. The lowest BCUT2D eigenvalue weighted by atomic mass is 10.1. The van der Waals surface area contributed by atoms with Crippen molar-refractivity contribution in [2.24, 2.45) is 5.73 Å². The van der Waals surface area contributed by atoms with Gasteiger partial charge in [-0.2, -0.15) is 0 Å². The van der Waals surface area contributed by atoms with E-state index in [4.69, 9.17) is 5.73 Å². The SMILES string of the molecule is NC[C@H](O)CN1CCc2sccc2C1. The van der Waals surface area contributed by atoms with Crippen molar-refractivity contribution in [2.75, 3.05) is 19.6 Å². The summed E-state index contributed by atoms with van der Waals surface area (Å²) < 4.78 is 0. The third kappa shape index (κ3) is 2.15. The predicted octanol–water partition coefficient (Wildman–Crippen LogP) is 0.426. The molecule has 2 rings (SSSR count). The second kappa shape index (κ2) is 4.40. The molecule has 1 aromatic heterocycles. The van der Waals surface area contributed by atoms with Crippen molar-refractivity contribution in [1.29, 1.82) is 0 Å². The van der Waals surface area contributed by atoms with Gasteiger partial charge >= 0.3 is 0 Å². The Labute approximate surface area is 88.1 Å². The van der Waals surface area contributed by atoms with Gasteiger partial charge in [-0.05, 0) is 23.4 Å². The number of nitrogens with two attached hydrogens (primary N) is 1. The monoisotopic (exact) mass is 212 g/mol. The van der Waals surface area contributed by atoms with Gasteiger partial charge in [0, 0.05) is 31.1 Å². The maximum absolute atomic E-state index is 9.44. The van der Waals surface area contributed by atoms with Gasteiger partial charge in [0.2, 0.25) is 0 Å². The Hall–Kier alpha value is -0.420. The zero-order chi connectivity index (χ0) is 9.97. The number of β-amino-alcohol motifs (C(OH)–C–C–N with tert-alkyl or cyclic N) is 1. The Kier molecular flexibility index (Phi) is 3.18. The van der Waals surface area contributed by atoms with Crippen molar-refractivity contribution in [3.63, 3.8) is 0 Å². The molecule has 0 radical (unpaired) electrons. The number of hydrogen-bond acceptors (Lipinski definition) is 4. The molecule has 1 aliphatic heterocycles. The minimum absolute atomic E-state index is 0.354. The predicted molar refractivity (Wildman–Crippen MR) is 58.4 cm³/mol. The van der Waals surface area contributed by atoms with E-state index in [1.807, 2.05) is 11.3 Å². The van der Waals surface area contributed by atoms with Gasteiger partial charge in [-0.15, -0.1) is 11.3 Å². The van der Waals surface area contributed by atoms with Gasteiger partial charge in [-0.1, -0.05) is 0 Å². The number of hydrogen-bond donors (Lipinski definition) is 2. The Morgan fingerprint density at radius 3 is 3.29 bits per heavy atom. The lowest BCUT2D eigenvalue weighted by Gasteiger charge is -2.28. The molecule has 2 heterocycles. The van der Waals surface area contributed by atoms with Crippen LogP contribution in [0.2, 0.25) is 0 Å². The second-order valence-electron chi connectivity index (χ2n) is 3.74. The normalized spacial score (nSPS) is 19.3. The van der Waals surface area contributed by atoms with Crippen LogP contribution >= 0.6 is 11.3 Å². The molecule has 0 fully saturated rings. The maximum atomic E-state index is 9.44. The molecular weight excluding hydrogens is 196 g/mol. The Bertz CT molecular complexity index is 300. The van der Waals surface area contributed by atoms with Crippen LogP contribution in [0.5, 0.6) is 0 Å². The number of fused-ring (bicyclic) bond motifs is 1. The molecule has 0 spiro atoms. The lowest BCUT2D eigenvalue weighted by molar-refractivity contribution is 0.112. The fraction of sp³-hybridized carbons (Fsp3) is 0.600. The third-order valence-electron chi connectivity index (χ3n) is 2.63. The van der Waals surface area contributed by atoms with Crippen molar-refractivity contribution in [2.45, 2.75) is 19.1 Å². The Morgan fingerprint density at radius 1 is 1.64 bits per heavy atom. The summed E-state index contributed by atoms with van der Waals surface area (Å²) in [6, 6.07) is 2.18. The molecule has 0 bridgehead atoms. The van der Waals surface area contributed by atoms with Gasteiger partial charge < -0.3 is 10.8 Å². The van der Waals surface area contributed by atoms with Crippen LogP contribution in [-0.4, -0.2) is 35.7 Å². The minimum Gasteiger partial charge on any atom is -0.390 e. The second-order valence-corrected chi connectivity index (χ2v) is 4.74. The van der Waals surface area contributed by atoms with Crippen molar-refractivity contribution in [3.8, 4) is 0 Å². The van der Waals surface area contributed by atoms with Crippen LogP contribution in [0, 0.1) is 0 Å². The summed E-state index contributed by atoms with van der Waals surface area (Å²) in [4.78, 5) is 3.77. The maximum Gasteiger partial charge on any atom is 0.0789 e. The molecule has 1 aromatic rings. The van der Waals surface area contributed by atoms with E-state index in [-0.39, 0.29) is 6.10 Å². The fourth-order valence-electron chi connectivity index (χ4n) is 1.84. The van der Waals surface area contributed by atoms with Gasteiger partial charge in [0.15, 0.2) is 0 Å². The molecule has 1 aliphatic rings. The van der Waals surface area contributed by atoms with Gasteiger partial charge in [0.05, 0.1) is 6.10 Å². The molecule has 4 heteroatoms. The quantitative estimate of drug-likeness (QED) is 0.764. The van der Waals surface area contributed by atoms with E-state index in [0.29, 0.717) is 13.1 Å². The van der Waals surface area contributed by atoms with E-state index < -0.39 is 0 Å². The molecule has 0 unspecified atom stereocenters. The topological polar surface area (TPSA) is 49.5 Å². The highest BCUT2D eigenvalue weighted by molar-refractivity contribution is 7.10. The standard InChI is InChI=1S/C10H16N2OS/c11-5-9(13)7-12-3-1-10-8(6-12)2-4-14-10/h2,4,9,13H,1,3,5-7,11H2/t9-/m0/s1. The molecular formula is C10H16N2OS. The van der Waals surface area contributed by atoms with E-state index in [1.54, 1.807) is 0 Å². The van der Waals surface area contributed by atoms with Crippen LogP contribution in [0.4, 0.5) is 0 Å². The lowest BCUT2D eigenvalue weighted by Crippen LogP contribution is -2.39. The van der Waals surface area contributed by atoms with Crippen LogP contribution in [-0.2, 0) is 13.0 Å². The Morgan fingerprint density at radius 2 is 2.50 bits per heavy atom. The molecule has 0 aliphatic carbocycles. The molecule has 14 heavy (non-hydrogen) atoms. The van der Waals surface area contributed by atoms with Gasteiger partial charge in [-0.25, -0.2) is 0 Å². The average molecular weight is 212 g/mol. The summed E-state index contributed by atoms with van der Waals surface area (Å²) in [6.45, 7) is 3.07. The van der Waals surface area contributed by atoms with Crippen LogP contribution in [0.25, 0.3) is 0 Å². The van der Waals surface area contributed by atoms with Crippen LogP contribution < -0.4 is 5.73 Å². The minimum atomic E-state index is -0.379. The molecule has 0 saturated heterocycles. The van der Waals surface area contributed by atoms with Gasteiger partial charge in [0.1, 0.15) is 0 Å². The molecule has 1 atom stereocenters. The highest BCUT2D eigenvalue weighted by Crippen LogP contribution is 2.23. The first-order valence-corrected chi connectivity index (χ1v) is 5.83. The molecule has 0 amide bonds. The number of rotatable bonds is 3. The summed E-state index contributed by atoms with van der Waals surface area (Å²) >= 11 is 1.84. The highest BCUT2D eigenvalue weighted by atomic mass is 32.1. The highest BCUT2D eigenvalue weighted by Gasteiger charge is 2.18. The number of aliphatic hydroxyl groups excluding tert-OH is 1. The van der Waals surface area contributed by atoms with Gasteiger partial charge in [-0.3, -0.25) is 4.90 Å². The van der Waals surface area contributed by atoms with E-state index >= 15 is 0 Å². The van der Waals surface area contributed by atoms with Crippen molar-refractivity contribution in [3.05, 3.63) is 21.9 Å². The molecule has 0 aromatic carbocycles. The van der Waals surface area contributed by atoms with Crippen molar-refractivity contribution < 1.29 is 5.11 Å². The largest absolute Gasteiger partial charge is 0.390 e. The van der Waals surface area contributed by atoms with E-state index in [0.717, 1.165) is 19.5 Å². The first kappa shape index (κ1) is 10.1. The molecule has 78 valence electrons. The zero-order valence-electron chi connectivity index (χ0n) is 8.15. The zero-order valence-corrected chi connectivity index (χ0v) is 8.96. The van der Waals surface area contributed by atoms with Crippen LogP contribution in [0.1, 0.15) is 10.4 Å². The van der Waals surface area contributed by atoms with Crippen molar-refractivity contribution >= 4 is 11.3 Å². The first-order chi connectivity index (χ1) is 6.79. The Balaban J connectivity index is 1.94. The first-order valence-electron chi connectivity index (χ1n) is 4.95. The van der Waals surface area contributed by atoms with Crippen LogP contribution in [0.15, 0.2) is 11.4 Å². The summed E-state index contributed by atoms with van der Waals surface area (Å²) in [5, 5.41) is 11.6. The average Bonchev–Trinajstić information content (AvgIpc) is 2.64. The number of thiophene rings is 1. The number of aliphatic hydroxyl groups is 1. The van der Waals surface area contributed by atoms with Gasteiger partial charge in [0.25, 0.3) is 0 Å². The smallest absolute Gasteiger partial charge is 0.0789 e. The van der Waals surface area contributed by atoms with E-state index in [2.05, 4.69) is 16.3 Å². The summed E-state index contributed by atoms with van der Waals surface area (Å²) in [5.74, 6) is 0. The molecule has 3 nitrogen and oxygen atoms in total. The van der Waals surface area contributed by atoms with E-state index in [1.165, 1.54) is 10.4 Å². The van der Waals surface area contributed by atoms with Crippen LogP contribution in [0.3, 0.4) is 0 Å². The fourth-order valence-corrected chi connectivity index (χ4v) is 2.72. The van der Waals surface area contributed by atoms with Crippen molar-refractivity contribution in [1.82, 2.24) is 4.90 Å². The summed E-state index contributed by atoms with van der Waals surface area (Å²) in [7, 11) is 0. The summed E-state index contributed by atoms with van der Waals surface area (Å²) in [6.07, 6.45) is 0.736. The summed E-state index contributed by atoms with van der Waals surface area (Å²) in [5.41, 5.74) is 6.81. The third-order valence-corrected chi connectivity index (χ3v) is 3.65. The molecule has 0 saturated carbocycles.